The summed E-state index contributed by atoms with van der Waals surface area (Å²) in [5.41, 5.74) is 1.12. The first-order chi connectivity index (χ1) is 13.6. The van der Waals surface area contributed by atoms with E-state index in [1.165, 1.54) is 20.3 Å². The zero-order valence-electron chi connectivity index (χ0n) is 15.6. The van der Waals surface area contributed by atoms with E-state index in [2.05, 4.69) is 0 Å². The molecule has 7 heteroatoms. The van der Waals surface area contributed by atoms with Gasteiger partial charge in [-0.05, 0) is 42.0 Å². The molecule has 2 aromatic rings. The molecule has 146 valence electrons. The van der Waals surface area contributed by atoms with Crippen molar-refractivity contribution < 1.29 is 33.3 Å². The molecule has 0 saturated heterocycles. The van der Waals surface area contributed by atoms with Crippen molar-refractivity contribution in [3.05, 3.63) is 53.6 Å². The second kappa shape index (κ2) is 8.94. The summed E-state index contributed by atoms with van der Waals surface area (Å²) in [5.74, 6) is 1.28. The molecule has 0 saturated carbocycles. The lowest BCUT2D eigenvalue weighted by molar-refractivity contribution is -0.136. The van der Waals surface area contributed by atoms with Crippen LogP contribution in [0.2, 0.25) is 0 Å². The Morgan fingerprint density at radius 1 is 0.964 bits per heavy atom. The fourth-order valence-electron chi connectivity index (χ4n) is 2.61. The second-order valence-electron chi connectivity index (χ2n) is 5.84. The quantitative estimate of drug-likeness (QED) is 0.412. The molecule has 0 atom stereocenters. The fraction of sp³-hybridized carbons (Fsp3) is 0.238. The molecule has 1 heterocycles. The van der Waals surface area contributed by atoms with Gasteiger partial charge in [-0.1, -0.05) is 6.07 Å². The molecule has 0 spiro atoms. The number of hydrogen-bond donors (Lipinski definition) is 0. The van der Waals surface area contributed by atoms with E-state index in [0.717, 1.165) is 5.56 Å². The van der Waals surface area contributed by atoms with Gasteiger partial charge >= 0.3 is 5.97 Å². The van der Waals surface area contributed by atoms with E-state index in [0.29, 0.717) is 41.8 Å². The molecule has 1 aliphatic heterocycles. The van der Waals surface area contributed by atoms with Crippen LogP contribution in [0.1, 0.15) is 15.9 Å². The maximum Gasteiger partial charge on any atom is 0.331 e. The molecule has 0 amide bonds. The maximum atomic E-state index is 12.2. The van der Waals surface area contributed by atoms with Crippen molar-refractivity contribution in [2.24, 2.45) is 0 Å². The Hall–Kier alpha value is -3.48. The highest BCUT2D eigenvalue weighted by molar-refractivity contribution is 5.99. The SMILES string of the molecule is COc1ccc(C(=O)COC(=O)/C=C/c2ccc3c(c2)OCCO3)cc1OC. The molecular weight excluding hydrogens is 364 g/mol. The minimum Gasteiger partial charge on any atom is -0.493 e. The summed E-state index contributed by atoms with van der Waals surface area (Å²) in [6.45, 7) is 0.628. The van der Waals surface area contributed by atoms with Crippen LogP contribution in [0.3, 0.4) is 0 Å². The van der Waals surface area contributed by atoms with Gasteiger partial charge in [0.25, 0.3) is 0 Å². The number of hydrogen-bond acceptors (Lipinski definition) is 7. The van der Waals surface area contributed by atoms with Gasteiger partial charge in [-0.25, -0.2) is 4.79 Å². The number of fused-ring (bicyclic) bond motifs is 1. The molecule has 3 rings (SSSR count). The largest absolute Gasteiger partial charge is 0.493 e. The number of ether oxygens (including phenoxy) is 5. The predicted molar refractivity (Wildman–Crippen MR) is 101 cm³/mol. The predicted octanol–water partition coefficient (Wildman–Crippen LogP) is 2.91. The van der Waals surface area contributed by atoms with Crippen LogP contribution >= 0.6 is 0 Å². The Kier molecular flexibility index (Phi) is 6.16. The molecule has 0 unspecified atom stereocenters. The summed E-state index contributed by atoms with van der Waals surface area (Å²) >= 11 is 0. The van der Waals surface area contributed by atoms with Gasteiger partial charge in [-0.3, -0.25) is 4.79 Å². The normalized spacial score (nSPS) is 12.5. The maximum absolute atomic E-state index is 12.2. The number of methoxy groups -OCH3 is 2. The van der Waals surface area contributed by atoms with Crippen LogP contribution in [-0.2, 0) is 9.53 Å². The van der Waals surface area contributed by atoms with E-state index in [-0.39, 0.29) is 12.4 Å². The Balaban J connectivity index is 1.56. The molecule has 0 fully saturated rings. The van der Waals surface area contributed by atoms with E-state index in [1.807, 2.05) is 0 Å². The van der Waals surface area contributed by atoms with Gasteiger partial charge in [0.1, 0.15) is 13.2 Å². The molecule has 1 aliphatic rings. The summed E-state index contributed by atoms with van der Waals surface area (Å²) in [5, 5.41) is 0. The van der Waals surface area contributed by atoms with Gasteiger partial charge in [0.05, 0.1) is 14.2 Å². The molecular formula is C21H20O7. The van der Waals surface area contributed by atoms with E-state index >= 15 is 0 Å². The fourth-order valence-corrected chi connectivity index (χ4v) is 2.61. The van der Waals surface area contributed by atoms with Gasteiger partial charge < -0.3 is 23.7 Å². The van der Waals surface area contributed by atoms with Crippen LogP contribution in [0.4, 0.5) is 0 Å². The minimum atomic E-state index is -0.622. The van der Waals surface area contributed by atoms with Crippen molar-refractivity contribution in [3.8, 4) is 23.0 Å². The second-order valence-corrected chi connectivity index (χ2v) is 5.84. The van der Waals surface area contributed by atoms with Gasteiger partial charge in [-0.15, -0.1) is 0 Å². The summed E-state index contributed by atoms with van der Waals surface area (Å²) in [4.78, 5) is 24.1. The van der Waals surface area contributed by atoms with Crippen molar-refractivity contribution in [1.82, 2.24) is 0 Å². The zero-order chi connectivity index (χ0) is 19.9. The Bertz CT molecular complexity index is 902. The van der Waals surface area contributed by atoms with Crippen molar-refractivity contribution in [2.75, 3.05) is 34.0 Å². The third-order valence-corrected chi connectivity index (χ3v) is 4.03. The summed E-state index contributed by atoms with van der Waals surface area (Å²) in [6.07, 6.45) is 2.84. The Morgan fingerprint density at radius 3 is 2.46 bits per heavy atom. The van der Waals surface area contributed by atoms with E-state index in [9.17, 15) is 9.59 Å². The molecule has 28 heavy (non-hydrogen) atoms. The molecule has 0 N–H and O–H groups in total. The number of esters is 1. The lowest BCUT2D eigenvalue weighted by atomic mass is 10.1. The van der Waals surface area contributed by atoms with Crippen LogP contribution in [0.5, 0.6) is 23.0 Å². The Labute approximate surface area is 162 Å². The zero-order valence-corrected chi connectivity index (χ0v) is 15.6. The lowest BCUT2D eigenvalue weighted by Crippen LogP contribution is -2.15. The number of Topliss-reactive ketones (excluding diaryl/α,β-unsaturated/α-hetero) is 1. The lowest BCUT2D eigenvalue weighted by Gasteiger charge is -2.18. The number of rotatable bonds is 7. The third-order valence-electron chi connectivity index (χ3n) is 4.03. The van der Waals surface area contributed by atoms with Crippen LogP contribution in [0.15, 0.2) is 42.5 Å². The standard InChI is InChI=1S/C21H20O7/c1-24-17-7-5-15(12-19(17)25-2)16(22)13-28-21(23)8-4-14-3-6-18-20(11-14)27-10-9-26-18/h3-8,11-12H,9-10,13H2,1-2H3/b8-4+. The van der Waals surface area contributed by atoms with Gasteiger partial charge in [-0.2, -0.15) is 0 Å². The van der Waals surface area contributed by atoms with E-state index < -0.39 is 5.97 Å². The number of ketones is 1. The molecule has 2 aromatic carbocycles. The van der Waals surface area contributed by atoms with Crippen LogP contribution in [0.25, 0.3) is 6.08 Å². The van der Waals surface area contributed by atoms with Crippen LogP contribution < -0.4 is 18.9 Å². The van der Waals surface area contributed by atoms with Crippen LogP contribution in [0, 0.1) is 0 Å². The average Bonchev–Trinajstić information content (AvgIpc) is 2.75. The van der Waals surface area contributed by atoms with Gasteiger partial charge in [0.2, 0.25) is 0 Å². The van der Waals surface area contributed by atoms with Gasteiger partial charge in [0.15, 0.2) is 35.4 Å². The molecule has 0 aliphatic carbocycles. The summed E-state index contributed by atoms with van der Waals surface area (Å²) < 4.78 is 26.3. The highest BCUT2D eigenvalue weighted by atomic mass is 16.6. The third kappa shape index (κ3) is 4.62. The van der Waals surface area contributed by atoms with Gasteiger partial charge in [0, 0.05) is 11.6 Å². The molecule has 7 nitrogen and oxygen atoms in total. The monoisotopic (exact) mass is 384 g/mol. The first-order valence-electron chi connectivity index (χ1n) is 8.60. The topological polar surface area (TPSA) is 80.3 Å². The van der Waals surface area contributed by atoms with E-state index in [1.54, 1.807) is 42.5 Å². The Morgan fingerprint density at radius 2 is 1.71 bits per heavy atom. The van der Waals surface area contributed by atoms with Crippen molar-refractivity contribution in [1.29, 1.82) is 0 Å². The average molecular weight is 384 g/mol. The molecule has 0 bridgehead atoms. The number of carbonyl (C=O) groups excluding carboxylic acids is 2. The summed E-state index contributed by atoms with van der Waals surface area (Å²) in [6, 6.07) is 10.1. The smallest absolute Gasteiger partial charge is 0.331 e. The minimum absolute atomic E-state index is 0.345. The summed E-state index contributed by atoms with van der Waals surface area (Å²) in [7, 11) is 2.99. The van der Waals surface area contributed by atoms with Crippen LogP contribution in [-0.4, -0.2) is 45.8 Å². The highest BCUT2D eigenvalue weighted by Crippen LogP contribution is 2.31. The molecule has 0 aromatic heterocycles. The van der Waals surface area contributed by atoms with Crippen molar-refractivity contribution in [3.63, 3.8) is 0 Å². The molecule has 0 radical (unpaired) electrons. The number of benzene rings is 2. The first-order valence-corrected chi connectivity index (χ1v) is 8.60. The van der Waals surface area contributed by atoms with E-state index in [4.69, 9.17) is 23.7 Å². The van der Waals surface area contributed by atoms with Crippen molar-refractivity contribution in [2.45, 2.75) is 0 Å². The van der Waals surface area contributed by atoms with Crippen molar-refractivity contribution >= 4 is 17.8 Å². The number of carbonyl (C=O) groups is 2. The highest BCUT2D eigenvalue weighted by Gasteiger charge is 2.13. The first kappa shape index (κ1) is 19.3.